The number of halogens is 2. The molecular formula is C11H8Cl2N2O2. The topological polar surface area (TPSA) is 66.2 Å². The molecule has 2 aromatic rings. The van der Waals surface area contributed by atoms with Gasteiger partial charge in [-0.15, -0.1) is 0 Å². The Balaban J connectivity index is 2.56. The van der Waals surface area contributed by atoms with E-state index < -0.39 is 5.79 Å². The summed E-state index contributed by atoms with van der Waals surface area (Å²) in [6.45, 7) is 0. The van der Waals surface area contributed by atoms with Crippen LogP contribution in [-0.2, 0) is 5.79 Å². The van der Waals surface area contributed by atoms with Crippen LogP contribution in [0, 0.1) is 0 Å². The predicted molar refractivity (Wildman–Crippen MR) is 63.7 cm³/mol. The lowest BCUT2D eigenvalue weighted by Gasteiger charge is -2.21. The van der Waals surface area contributed by atoms with Gasteiger partial charge in [-0.25, -0.2) is 0 Å². The normalized spacial score (nSPS) is 11.5. The van der Waals surface area contributed by atoms with Crippen molar-refractivity contribution in [3.63, 3.8) is 0 Å². The molecule has 0 unspecified atom stereocenters. The third-order valence-corrected chi connectivity index (χ3v) is 2.99. The molecule has 0 aliphatic rings. The van der Waals surface area contributed by atoms with E-state index in [0.717, 1.165) is 0 Å². The molecule has 0 radical (unpaired) electrons. The first-order chi connectivity index (χ1) is 8.03. The number of aliphatic hydroxyl groups is 2. The smallest absolute Gasteiger partial charge is 0.253 e. The molecule has 88 valence electrons. The van der Waals surface area contributed by atoms with Gasteiger partial charge in [0.1, 0.15) is 11.4 Å². The molecule has 17 heavy (non-hydrogen) atoms. The SMILES string of the molecule is OC(O)(c1ccccn1)c1nccc(Cl)c1Cl. The lowest BCUT2D eigenvalue weighted by molar-refractivity contribution is -0.138. The molecule has 2 heterocycles. The van der Waals surface area contributed by atoms with Crippen LogP contribution >= 0.6 is 23.2 Å². The van der Waals surface area contributed by atoms with Crippen LogP contribution in [0.3, 0.4) is 0 Å². The zero-order chi connectivity index (χ0) is 12.5. The first kappa shape index (κ1) is 12.3. The van der Waals surface area contributed by atoms with Gasteiger partial charge in [-0.1, -0.05) is 29.3 Å². The zero-order valence-electron chi connectivity index (χ0n) is 8.51. The lowest BCUT2D eigenvalue weighted by Crippen LogP contribution is -2.29. The Morgan fingerprint density at radius 3 is 2.41 bits per heavy atom. The molecule has 0 saturated carbocycles. The lowest BCUT2D eigenvalue weighted by atomic mass is 10.1. The van der Waals surface area contributed by atoms with Crippen molar-refractivity contribution in [1.82, 2.24) is 9.97 Å². The zero-order valence-corrected chi connectivity index (χ0v) is 10.0. The summed E-state index contributed by atoms with van der Waals surface area (Å²) >= 11 is 11.7. The Kier molecular flexibility index (Phi) is 3.31. The van der Waals surface area contributed by atoms with Gasteiger partial charge in [-0.2, -0.15) is 0 Å². The van der Waals surface area contributed by atoms with Gasteiger partial charge < -0.3 is 10.2 Å². The number of aromatic nitrogens is 2. The fourth-order valence-electron chi connectivity index (χ4n) is 1.35. The highest BCUT2D eigenvalue weighted by molar-refractivity contribution is 6.42. The van der Waals surface area contributed by atoms with Crippen LogP contribution < -0.4 is 0 Å². The number of nitrogens with zero attached hydrogens (tertiary/aromatic N) is 2. The molecule has 2 rings (SSSR count). The monoisotopic (exact) mass is 270 g/mol. The Morgan fingerprint density at radius 1 is 1.00 bits per heavy atom. The highest BCUT2D eigenvalue weighted by Gasteiger charge is 2.34. The third-order valence-electron chi connectivity index (χ3n) is 2.19. The van der Waals surface area contributed by atoms with Crippen molar-refractivity contribution in [3.8, 4) is 0 Å². The highest BCUT2D eigenvalue weighted by atomic mass is 35.5. The van der Waals surface area contributed by atoms with Gasteiger partial charge in [0.15, 0.2) is 0 Å². The second-order valence-electron chi connectivity index (χ2n) is 3.34. The van der Waals surface area contributed by atoms with E-state index in [1.165, 1.54) is 24.5 Å². The molecule has 4 nitrogen and oxygen atoms in total. The van der Waals surface area contributed by atoms with Crippen molar-refractivity contribution >= 4 is 23.2 Å². The van der Waals surface area contributed by atoms with Crippen molar-refractivity contribution in [2.45, 2.75) is 5.79 Å². The van der Waals surface area contributed by atoms with Gasteiger partial charge in [0.2, 0.25) is 0 Å². The van der Waals surface area contributed by atoms with Crippen molar-refractivity contribution in [2.75, 3.05) is 0 Å². The van der Waals surface area contributed by atoms with E-state index in [9.17, 15) is 10.2 Å². The molecule has 0 aliphatic heterocycles. The van der Waals surface area contributed by atoms with E-state index in [1.807, 2.05) is 0 Å². The molecule has 0 spiro atoms. The third kappa shape index (κ3) is 2.25. The van der Waals surface area contributed by atoms with Gasteiger partial charge in [-0.05, 0) is 18.2 Å². The van der Waals surface area contributed by atoms with Crippen molar-refractivity contribution < 1.29 is 10.2 Å². The minimum Gasteiger partial charge on any atom is -0.356 e. The standard InChI is InChI=1S/C11H8Cl2N2O2/c12-7-4-6-15-10(9(7)13)11(16,17)8-3-1-2-5-14-8/h1-6,16-17H. The average molecular weight is 271 g/mol. The average Bonchev–Trinajstić information content (AvgIpc) is 2.33. The van der Waals surface area contributed by atoms with Crippen LogP contribution in [0.5, 0.6) is 0 Å². The maximum absolute atomic E-state index is 10.0. The first-order valence-corrected chi connectivity index (χ1v) is 5.46. The van der Waals surface area contributed by atoms with Gasteiger partial charge in [0, 0.05) is 12.4 Å². The summed E-state index contributed by atoms with van der Waals surface area (Å²) in [5, 5.41) is 20.3. The molecule has 0 bridgehead atoms. The van der Waals surface area contributed by atoms with Crippen LogP contribution in [0.25, 0.3) is 0 Å². The van der Waals surface area contributed by atoms with Gasteiger partial charge in [0.25, 0.3) is 5.79 Å². The van der Waals surface area contributed by atoms with Gasteiger partial charge >= 0.3 is 0 Å². The van der Waals surface area contributed by atoms with Crippen LogP contribution in [-0.4, -0.2) is 20.2 Å². The largest absolute Gasteiger partial charge is 0.356 e. The fraction of sp³-hybridized carbons (Fsp3) is 0.0909. The first-order valence-electron chi connectivity index (χ1n) is 4.70. The summed E-state index contributed by atoms with van der Waals surface area (Å²) in [4.78, 5) is 7.69. The number of hydrogen-bond donors (Lipinski definition) is 2. The van der Waals surface area contributed by atoms with E-state index in [-0.39, 0.29) is 21.4 Å². The Labute approximate surface area is 107 Å². The minimum absolute atomic E-state index is 0.00943. The minimum atomic E-state index is -2.37. The summed E-state index contributed by atoms with van der Waals surface area (Å²) in [5.41, 5.74) is -0.123. The van der Waals surface area contributed by atoms with Crippen LogP contribution in [0.2, 0.25) is 10.0 Å². The number of hydrogen-bond acceptors (Lipinski definition) is 4. The predicted octanol–water partition coefficient (Wildman–Crippen LogP) is 1.97. The molecule has 2 N–H and O–H groups in total. The van der Waals surface area contributed by atoms with Crippen LogP contribution in [0.1, 0.15) is 11.4 Å². The number of rotatable bonds is 2. The summed E-state index contributed by atoms with van der Waals surface area (Å²) in [6.07, 6.45) is 2.78. The second-order valence-corrected chi connectivity index (χ2v) is 4.13. The Bertz CT molecular complexity index is 532. The van der Waals surface area contributed by atoms with E-state index >= 15 is 0 Å². The molecule has 6 heteroatoms. The summed E-state index contributed by atoms with van der Waals surface area (Å²) in [6, 6.07) is 6.20. The van der Waals surface area contributed by atoms with E-state index in [1.54, 1.807) is 12.1 Å². The molecule has 0 aromatic carbocycles. The van der Waals surface area contributed by atoms with Crippen LogP contribution in [0.4, 0.5) is 0 Å². The molecule has 0 amide bonds. The number of pyridine rings is 2. The molecule has 0 saturated heterocycles. The van der Waals surface area contributed by atoms with Gasteiger partial charge in [-0.3, -0.25) is 9.97 Å². The second kappa shape index (κ2) is 4.58. The van der Waals surface area contributed by atoms with E-state index in [2.05, 4.69) is 9.97 Å². The van der Waals surface area contributed by atoms with Gasteiger partial charge in [0.05, 0.1) is 10.0 Å². The van der Waals surface area contributed by atoms with E-state index in [4.69, 9.17) is 23.2 Å². The van der Waals surface area contributed by atoms with Crippen molar-refractivity contribution in [3.05, 3.63) is 58.1 Å². The van der Waals surface area contributed by atoms with Crippen molar-refractivity contribution in [2.24, 2.45) is 0 Å². The quantitative estimate of drug-likeness (QED) is 0.819. The fourth-order valence-corrected chi connectivity index (χ4v) is 1.74. The summed E-state index contributed by atoms with van der Waals surface area (Å²) in [7, 11) is 0. The van der Waals surface area contributed by atoms with Crippen molar-refractivity contribution in [1.29, 1.82) is 0 Å². The maximum Gasteiger partial charge on any atom is 0.253 e. The Hall–Kier alpha value is -1.20. The molecule has 0 fully saturated rings. The van der Waals surface area contributed by atoms with E-state index in [0.29, 0.717) is 0 Å². The summed E-state index contributed by atoms with van der Waals surface area (Å²) in [5.74, 6) is -2.37. The highest BCUT2D eigenvalue weighted by Crippen LogP contribution is 2.33. The molecular weight excluding hydrogens is 263 g/mol. The maximum atomic E-state index is 10.0. The molecule has 2 aromatic heterocycles. The summed E-state index contributed by atoms with van der Waals surface area (Å²) < 4.78 is 0. The van der Waals surface area contributed by atoms with Crippen LogP contribution in [0.15, 0.2) is 36.7 Å². The Morgan fingerprint density at radius 2 is 1.76 bits per heavy atom. The molecule has 0 atom stereocenters. The molecule has 0 aliphatic carbocycles.